The number of piperidine rings is 1. The molecule has 0 atom stereocenters. The van der Waals surface area contributed by atoms with Gasteiger partial charge >= 0.3 is 0 Å². The molecule has 3 aromatic heterocycles. The van der Waals surface area contributed by atoms with Gasteiger partial charge in [0.15, 0.2) is 5.82 Å². The fourth-order valence-corrected chi connectivity index (χ4v) is 5.01. The van der Waals surface area contributed by atoms with Gasteiger partial charge in [-0.1, -0.05) is 24.3 Å². The maximum Gasteiger partial charge on any atom is 0.223 e. The molecule has 0 spiro atoms. The number of rotatable bonds is 6. The van der Waals surface area contributed by atoms with Crippen molar-refractivity contribution in [2.45, 2.75) is 40.2 Å². The number of hydrogen-bond acceptors (Lipinski definition) is 4. The largest absolute Gasteiger partial charge is 0.355 e. The molecule has 4 heterocycles. The second-order valence-electron chi connectivity index (χ2n) is 9.30. The summed E-state index contributed by atoms with van der Waals surface area (Å²) in [6, 6.07) is 18.5. The van der Waals surface area contributed by atoms with Crippen LogP contribution in [0.5, 0.6) is 0 Å². The van der Waals surface area contributed by atoms with Crippen LogP contribution < -0.4 is 10.2 Å². The lowest BCUT2D eigenvalue weighted by molar-refractivity contribution is -0.125. The highest BCUT2D eigenvalue weighted by Crippen LogP contribution is 2.35. The molecule has 7 nitrogen and oxygen atoms in total. The molecule has 0 saturated carbocycles. The van der Waals surface area contributed by atoms with E-state index in [1.165, 1.54) is 11.4 Å². The lowest BCUT2D eigenvalue weighted by atomic mass is 9.95. The molecule has 7 heteroatoms. The fourth-order valence-electron chi connectivity index (χ4n) is 5.01. The van der Waals surface area contributed by atoms with Crippen molar-refractivity contribution in [3.63, 3.8) is 0 Å². The van der Waals surface area contributed by atoms with Crippen molar-refractivity contribution in [3.8, 4) is 11.4 Å². The smallest absolute Gasteiger partial charge is 0.223 e. The van der Waals surface area contributed by atoms with Crippen molar-refractivity contribution in [1.29, 1.82) is 0 Å². The summed E-state index contributed by atoms with van der Waals surface area (Å²) in [5.41, 5.74) is 6.53. The zero-order valence-electron chi connectivity index (χ0n) is 20.6. The van der Waals surface area contributed by atoms with Crippen LogP contribution in [-0.4, -0.2) is 38.3 Å². The summed E-state index contributed by atoms with van der Waals surface area (Å²) < 4.78 is 4.36. The summed E-state index contributed by atoms with van der Waals surface area (Å²) in [6.45, 7) is 8.47. The summed E-state index contributed by atoms with van der Waals surface area (Å²) >= 11 is 0. The average molecular weight is 469 g/mol. The average Bonchev–Trinajstić information content (AvgIpc) is 3.41. The molecule has 1 fully saturated rings. The van der Waals surface area contributed by atoms with Crippen molar-refractivity contribution in [2.75, 3.05) is 18.0 Å². The number of pyridine rings is 1. The molecule has 180 valence electrons. The molecule has 0 unspecified atom stereocenters. The molecular weight excluding hydrogens is 436 g/mol. The Morgan fingerprint density at radius 2 is 1.69 bits per heavy atom. The second kappa shape index (κ2) is 9.78. The number of aromatic nitrogens is 4. The normalized spacial score (nSPS) is 14.3. The summed E-state index contributed by atoms with van der Waals surface area (Å²) in [7, 11) is 0. The number of anilines is 1. The van der Waals surface area contributed by atoms with Crippen LogP contribution in [0, 0.1) is 26.7 Å². The number of hydrogen-bond donors (Lipinski definition) is 1. The van der Waals surface area contributed by atoms with Gasteiger partial charge < -0.3 is 14.8 Å². The van der Waals surface area contributed by atoms with Gasteiger partial charge in [-0.2, -0.15) is 5.10 Å². The number of nitrogens with one attached hydrogen (secondary N) is 1. The minimum Gasteiger partial charge on any atom is -0.355 e. The monoisotopic (exact) mass is 468 g/mol. The molecule has 1 aliphatic rings. The molecule has 5 rings (SSSR count). The lowest BCUT2D eigenvalue weighted by Crippen LogP contribution is -2.41. The van der Waals surface area contributed by atoms with Crippen LogP contribution in [0.15, 0.2) is 67.0 Å². The first-order valence-electron chi connectivity index (χ1n) is 12.2. The van der Waals surface area contributed by atoms with Gasteiger partial charge in [0, 0.05) is 49.3 Å². The van der Waals surface area contributed by atoms with Crippen molar-refractivity contribution < 1.29 is 4.79 Å². The number of benzene rings is 1. The summed E-state index contributed by atoms with van der Waals surface area (Å²) in [5.74, 6) is 1.22. The zero-order valence-corrected chi connectivity index (χ0v) is 20.6. The Morgan fingerprint density at radius 1 is 0.971 bits per heavy atom. The van der Waals surface area contributed by atoms with Crippen LogP contribution >= 0.6 is 0 Å². The number of carbonyl (C=O) groups excluding carboxylic acids is 1. The van der Waals surface area contributed by atoms with Crippen molar-refractivity contribution in [1.82, 2.24) is 24.6 Å². The lowest BCUT2D eigenvalue weighted by Gasteiger charge is -2.34. The number of aryl methyl sites for hydroxylation is 3. The predicted octanol–water partition coefficient (Wildman–Crippen LogP) is 4.52. The third-order valence-electron chi connectivity index (χ3n) is 6.86. The maximum absolute atomic E-state index is 12.9. The van der Waals surface area contributed by atoms with Crippen LogP contribution in [0.3, 0.4) is 0 Å². The van der Waals surface area contributed by atoms with E-state index >= 15 is 0 Å². The fraction of sp³-hybridized carbons (Fsp3) is 0.321. The quantitative estimate of drug-likeness (QED) is 0.452. The van der Waals surface area contributed by atoms with E-state index in [4.69, 9.17) is 5.10 Å². The first kappa shape index (κ1) is 22.9. The molecule has 1 N–H and O–H groups in total. The van der Waals surface area contributed by atoms with E-state index in [-0.39, 0.29) is 11.8 Å². The predicted molar refractivity (Wildman–Crippen MR) is 138 cm³/mol. The minimum atomic E-state index is 0.00983. The Labute approximate surface area is 206 Å². The van der Waals surface area contributed by atoms with Crippen LogP contribution in [0.25, 0.3) is 11.4 Å². The van der Waals surface area contributed by atoms with Crippen molar-refractivity contribution >= 4 is 11.7 Å². The molecular formula is C28H32N6O. The topological polar surface area (TPSA) is 68.0 Å². The summed E-state index contributed by atoms with van der Waals surface area (Å²) in [5, 5.41) is 8.07. The van der Waals surface area contributed by atoms with E-state index in [2.05, 4.69) is 69.5 Å². The highest BCUT2D eigenvalue weighted by atomic mass is 16.1. The standard InChI is InChI=1S/C28H32N6O/c1-20-11-12-21(2)33(20)26-22(3)31-34(25-9-5-4-6-10-25)28(26)32-16-13-24(14-17-32)27(35)30-19-23-8-7-15-29-18-23/h4-12,15,18,24H,13-14,16-17,19H2,1-3H3,(H,30,35). The van der Waals surface area contributed by atoms with Gasteiger partial charge in [0.2, 0.25) is 5.91 Å². The molecule has 0 bridgehead atoms. The van der Waals surface area contributed by atoms with Crippen molar-refractivity contribution in [3.05, 3.63) is 89.6 Å². The molecule has 1 amide bonds. The summed E-state index contributed by atoms with van der Waals surface area (Å²) in [6.07, 6.45) is 5.15. The Kier molecular flexibility index (Phi) is 6.40. The van der Waals surface area contributed by atoms with E-state index < -0.39 is 0 Å². The van der Waals surface area contributed by atoms with Gasteiger partial charge in [0.05, 0.1) is 11.4 Å². The van der Waals surface area contributed by atoms with Gasteiger partial charge in [-0.15, -0.1) is 0 Å². The van der Waals surface area contributed by atoms with Gasteiger partial charge in [-0.05, 0) is 69.5 Å². The second-order valence-corrected chi connectivity index (χ2v) is 9.30. The summed E-state index contributed by atoms with van der Waals surface area (Å²) in [4.78, 5) is 19.4. The Hall–Kier alpha value is -3.87. The highest BCUT2D eigenvalue weighted by molar-refractivity contribution is 5.79. The van der Waals surface area contributed by atoms with Crippen LogP contribution in [0.1, 0.15) is 35.5 Å². The Morgan fingerprint density at radius 3 is 2.34 bits per heavy atom. The number of amides is 1. The third kappa shape index (κ3) is 4.58. The van der Waals surface area contributed by atoms with E-state index in [1.807, 2.05) is 30.3 Å². The zero-order chi connectivity index (χ0) is 24.4. The number of carbonyl (C=O) groups is 1. The van der Waals surface area contributed by atoms with E-state index in [0.717, 1.165) is 54.4 Å². The molecule has 1 saturated heterocycles. The van der Waals surface area contributed by atoms with Crippen LogP contribution in [0.4, 0.5) is 5.82 Å². The van der Waals surface area contributed by atoms with Crippen LogP contribution in [-0.2, 0) is 11.3 Å². The minimum absolute atomic E-state index is 0.00983. The van der Waals surface area contributed by atoms with E-state index in [9.17, 15) is 4.79 Å². The van der Waals surface area contributed by atoms with Crippen LogP contribution in [0.2, 0.25) is 0 Å². The van der Waals surface area contributed by atoms with Gasteiger partial charge in [-0.3, -0.25) is 9.78 Å². The number of nitrogens with zero attached hydrogens (tertiary/aromatic N) is 5. The van der Waals surface area contributed by atoms with E-state index in [1.54, 1.807) is 12.4 Å². The Balaban J connectivity index is 1.40. The Bertz CT molecular complexity index is 1280. The van der Waals surface area contributed by atoms with Gasteiger partial charge in [0.1, 0.15) is 5.69 Å². The molecule has 0 aliphatic carbocycles. The first-order chi connectivity index (χ1) is 17.0. The third-order valence-corrected chi connectivity index (χ3v) is 6.86. The van der Waals surface area contributed by atoms with Gasteiger partial charge in [0.25, 0.3) is 0 Å². The molecule has 0 radical (unpaired) electrons. The van der Waals surface area contributed by atoms with E-state index in [0.29, 0.717) is 6.54 Å². The molecule has 1 aliphatic heterocycles. The number of para-hydroxylation sites is 1. The molecule has 35 heavy (non-hydrogen) atoms. The molecule has 4 aromatic rings. The van der Waals surface area contributed by atoms with Gasteiger partial charge in [-0.25, -0.2) is 4.68 Å². The van der Waals surface area contributed by atoms with Crippen molar-refractivity contribution in [2.24, 2.45) is 5.92 Å². The SMILES string of the molecule is Cc1nn(-c2ccccc2)c(N2CCC(C(=O)NCc3cccnc3)CC2)c1-n1c(C)ccc1C. The molecule has 1 aromatic carbocycles. The first-order valence-corrected chi connectivity index (χ1v) is 12.2. The highest BCUT2D eigenvalue weighted by Gasteiger charge is 2.30. The maximum atomic E-state index is 12.9.